The second-order valence-electron chi connectivity index (χ2n) is 6.30. The van der Waals surface area contributed by atoms with Gasteiger partial charge in [-0.05, 0) is 43.4 Å². The van der Waals surface area contributed by atoms with Crippen molar-refractivity contribution < 1.29 is 14.2 Å². The third-order valence-electron chi connectivity index (χ3n) is 4.81. The first kappa shape index (κ1) is 16.9. The van der Waals surface area contributed by atoms with Crippen LogP contribution in [0.4, 0.5) is 0 Å². The molecule has 1 aromatic carbocycles. The van der Waals surface area contributed by atoms with Gasteiger partial charge in [0.1, 0.15) is 0 Å². The number of hydrogen-bond donors (Lipinski definition) is 2. The van der Waals surface area contributed by atoms with Crippen LogP contribution in [0.3, 0.4) is 0 Å². The van der Waals surface area contributed by atoms with Crippen LogP contribution < -0.4 is 20.1 Å². The fourth-order valence-corrected chi connectivity index (χ4v) is 3.52. The van der Waals surface area contributed by atoms with Crippen LogP contribution in [0.15, 0.2) is 23.2 Å². The highest BCUT2D eigenvalue weighted by atomic mass is 16.5. The fraction of sp³-hybridized carbons (Fsp3) is 0.611. The normalized spacial score (nSPS) is 25.6. The summed E-state index contributed by atoms with van der Waals surface area (Å²) in [6.45, 7) is 0.802. The third kappa shape index (κ3) is 3.75. The minimum absolute atomic E-state index is 0.347. The number of guanidine groups is 1. The maximum atomic E-state index is 5.88. The van der Waals surface area contributed by atoms with Crippen LogP contribution in [-0.2, 0) is 11.2 Å². The second-order valence-corrected chi connectivity index (χ2v) is 6.30. The molecule has 3 rings (SSSR count). The van der Waals surface area contributed by atoms with Crippen LogP contribution in [0.5, 0.6) is 11.5 Å². The predicted octanol–water partition coefficient (Wildman–Crippen LogP) is 1.73. The molecular formula is C18H27N3O3. The number of ether oxygens (including phenoxy) is 3. The lowest BCUT2D eigenvalue weighted by Crippen LogP contribution is -2.47. The summed E-state index contributed by atoms with van der Waals surface area (Å²) in [6.07, 6.45) is 5.12. The van der Waals surface area contributed by atoms with Gasteiger partial charge in [-0.25, -0.2) is 0 Å². The topological polar surface area (TPSA) is 64.1 Å². The van der Waals surface area contributed by atoms with Crippen LogP contribution in [-0.4, -0.2) is 52.0 Å². The Morgan fingerprint density at radius 2 is 2.08 bits per heavy atom. The highest BCUT2D eigenvalue weighted by Gasteiger charge is 2.41. The quantitative estimate of drug-likeness (QED) is 0.613. The minimum atomic E-state index is 0.347. The summed E-state index contributed by atoms with van der Waals surface area (Å²) in [4.78, 5) is 4.32. The van der Waals surface area contributed by atoms with E-state index < -0.39 is 0 Å². The minimum Gasteiger partial charge on any atom is -0.493 e. The molecule has 2 fully saturated rings. The van der Waals surface area contributed by atoms with E-state index in [0.29, 0.717) is 18.2 Å². The number of nitrogens with one attached hydrogen (secondary N) is 2. The van der Waals surface area contributed by atoms with Crippen LogP contribution in [0.25, 0.3) is 0 Å². The molecule has 2 heterocycles. The van der Waals surface area contributed by atoms with Crippen LogP contribution in [0, 0.1) is 0 Å². The lowest BCUT2D eigenvalue weighted by molar-refractivity contribution is 0.0992. The van der Waals surface area contributed by atoms with Gasteiger partial charge in [0.05, 0.1) is 32.5 Å². The van der Waals surface area contributed by atoms with Crippen LogP contribution >= 0.6 is 0 Å². The molecule has 2 N–H and O–H groups in total. The smallest absolute Gasteiger partial charge is 0.191 e. The number of methoxy groups -OCH3 is 2. The monoisotopic (exact) mass is 333 g/mol. The summed E-state index contributed by atoms with van der Waals surface area (Å²) in [5, 5.41) is 6.87. The first-order chi connectivity index (χ1) is 11.7. The molecule has 2 aliphatic heterocycles. The van der Waals surface area contributed by atoms with Crippen LogP contribution in [0.1, 0.15) is 24.8 Å². The van der Waals surface area contributed by atoms with Crippen molar-refractivity contribution in [3.8, 4) is 11.5 Å². The Hall–Kier alpha value is -1.95. The maximum Gasteiger partial charge on any atom is 0.191 e. The first-order valence-electron chi connectivity index (χ1n) is 8.57. The Balaban J connectivity index is 1.48. The van der Waals surface area contributed by atoms with Crippen molar-refractivity contribution in [2.75, 3.05) is 27.8 Å². The number of hydrogen-bond acceptors (Lipinski definition) is 4. The van der Waals surface area contributed by atoms with Gasteiger partial charge < -0.3 is 24.8 Å². The Labute approximate surface area is 143 Å². The van der Waals surface area contributed by atoms with Crippen molar-refractivity contribution in [1.82, 2.24) is 10.6 Å². The number of fused-ring (bicyclic) bond motifs is 2. The number of aliphatic imine (C=N–C) groups is 1. The molecule has 3 unspecified atom stereocenters. The average Bonchev–Trinajstić information content (AvgIpc) is 3.23. The average molecular weight is 333 g/mol. The predicted molar refractivity (Wildman–Crippen MR) is 94.0 cm³/mol. The van der Waals surface area contributed by atoms with Gasteiger partial charge in [-0.15, -0.1) is 0 Å². The molecule has 6 nitrogen and oxygen atoms in total. The summed E-state index contributed by atoms with van der Waals surface area (Å²) >= 11 is 0. The molecule has 24 heavy (non-hydrogen) atoms. The van der Waals surface area contributed by atoms with E-state index in [1.165, 1.54) is 12.0 Å². The van der Waals surface area contributed by atoms with E-state index in [-0.39, 0.29) is 0 Å². The van der Waals surface area contributed by atoms with E-state index in [1.54, 1.807) is 21.3 Å². The lowest BCUT2D eigenvalue weighted by Gasteiger charge is -2.22. The van der Waals surface area contributed by atoms with E-state index in [2.05, 4.69) is 21.7 Å². The van der Waals surface area contributed by atoms with E-state index in [4.69, 9.17) is 14.2 Å². The van der Waals surface area contributed by atoms with Gasteiger partial charge in [-0.1, -0.05) is 6.07 Å². The zero-order valence-corrected chi connectivity index (χ0v) is 14.7. The van der Waals surface area contributed by atoms with Crippen molar-refractivity contribution in [3.63, 3.8) is 0 Å². The van der Waals surface area contributed by atoms with E-state index >= 15 is 0 Å². The number of nitrogens with zero attached hydrogens (tertiary/aromatic N) is 1. The van der Waals surface area contributed by atoms with Gasteiger partial charge in [0, 0.05) is 13.6 Å². The highest BCUT2D eigenvalue weighted by molar-refractivity contribution is 5.80. The zero-order chi connectivity index (χ0) is 16.9. The number of rotatable bonds is 6. The molecule has 0 aliphatic carbocycles. The Kier molecular flexibility index (Phi) is 5.45. The van der Waals surface area contributed by atoms with Gasteiger partial charge >= 0.3 is 0 Å². The van der Waals surface area contributed by atoms with Crippen molar-refractivity contribution in [3.05, 3.63) is 23.8 Å². The summed E-state index contributed by atoms with van der Waals surface area (Å²) in [5.74, 6) is 2.36. The van der Waals surface area contributed by atoms with Crippen molar-refractivity contribution >= 4 is 5.96 Å². The first-order valence-corrected chi connectivity index (χ1v) is 8.57. The third-order valence-corrected chi connectivity index (χ3v) is 4.81. The SMILES string of the molecule is CN=C(NCCc1ccc(OC)c(OC)c1)NC1CC2CCC1O2. The lowest BCUT2D eigenvalue weighted by atomic mass is 9.96. The molecule has 132 valence electrons. The standard InChI is InChI=1S/C18H27N3O3/c1-19-18(21-14-11-13-5-7-15(14)24-13)20-9-8-12-4-6-16(22-2)17(10-12)23-3/h4,6,10,13-15H,5,7-9,11H2,1-3H3,(H2,19,20,21). The highest BCUT2D eigenvalue weighted by Crippen LogP contribution is 2.34. The van der Waals surface area contributed by atoms with Gasteiger partial charge in [0.2, 0.25) is 0 Å². The molecule has 0 saturated carbocycles. The summed E-state index contributed by atoms with van der Waals surface area (Å²) in [6, 6.07) is 6.40. The molecule has 1 aromatic rings. The van der Waals surface area contributed by atoms with Crippen LogP contribution in [0.2, 0.25) is 0 Å². The van der Waals surface area contributed by atoms with Crippen molar-refractivity contribution in [2.24, 2.45) is 4.99 Å². The molecule has 6 heteroatoms. The van der Waals surface area contributed by atoms with Gasteiger partial charge in [0.15, 0.2) is 17.5 Å². The van der Waals surface area contributed by atoms with Gasteiger partial charge in [0.25, 0.3) is 0 Å². The Morgan fingerprint density at radius 1 is 1.25 bits per heavy atom. The maximum absolute atomic E-state index is 5.88. The summed E-state index contributed by atoms with van der Waals surface area (Å²) in [5.41, 5.74) is 1.19. The molecule has 2 saturated heterocycles. The zero-order valence-electron chi connectivity index (χ0n) is 14.7. The summed E-state index contributed by atoms with van der Waals surface area (Å²) in [7, 11) is 5.11. The molecule has 0 spiro atoms. The Morgan fingerprint density at radius 3 is 2.71 bits per heavy atom. The Bertz CT molecular complexity index is 591. The van der Waals surface area contributed by atoms with Gasteiger partial charge in [-0.3, -0.25) is 4.99 Å². The van der Waals surface area contributed by atoms with Gasteiger partial charge in [-0.2, -0.15) is 0 Å². The van der Waals surface area contributed by atoms with E-state index in [0.717, 1.165) is 43.3 Å². The fourth-order valence-electron chi connectivity index (χ4n) is 3.52. The largest absolute Gasteiger partial charge is 0.493 e. The molecular weight excluding hydrogens is 306 g/mol. The molecule has 2 aliphatic rings. The molecule has 2 bridgehead atoms. The van der Waals surface area contributed by atoms with E-state index in [1.807, 2.05) is 12.1 Å². The van der Waals surface area contributed by atoms with Crippen molar-refractivity contribution in [2.45, 2.75) is 43.9 Å². The van der Waals surface area contributed by atoms with E-state index in [9.17, 15) is 0 Å². The number of benzene rings is 1. The van der Waals surface area contributed by atoms with Crippen molar-refractivity contribution in [1.29, 1.82) is 0 Å². The summed E-state index contributed by atoms with van der Waals surface area (Å²) < 4.78 is 16.5. The second kappa shape index (κ2) is 7.75. The molecule has 0 radical (unpaired) electrons. The molecule has 0 amide bonds. The molecule has 3 atom stereocenters. The molecule has 0 aromatic heterocycles.